The molecule has 3 aliphatic heterocycles. The number of hydrogen-bond acceptors (Lipinski definition) is 4. The topological polar surface area (TPSA) is 18.8 Å². The minimum atomic E-state index is -0.249. The fourth-order valence-corrected chi connectivity index (χ4v) is 4.14. The fourth-order valence-electron chi connectivity index (χ4n) is 3.21. The molecule has 1 saturated heterocycles. The van der Waals surface area contributed by atoms with Crippen LogP contribution in [-0.4, -0.2) is 48.1 Å². The van der Waals surface area contributed by atoms with Crippen molar-refractivity contribution in [3.8, 4) is 0 Å². The summed E-state index contributed by atoms with van der Waals surface area (Å²) in [5, 5.41) is 2.18. The van der Waals surface area contributed by atoms with Crippen molar-refractivity contribution in [3.05, 3.63) is 21.9 Å². The van der Waals surface area contributed by atoms with Crippen molar-refractivity contribution >= 4 is 41.3 Å². The minimum Gasteiger partial charge on any atom is -0.337 e. The summed E-state index contributed by atoms with van der Waals surface area (Å²) in [6, 6.07) is 2.72. The molecule has 2 unspecified atom stereocenters. The van der Waals surface area contributed by atoms with E-state index in [2.05, 4.69) is 26.2 Å². The summed E-state index contributed by atoms with van der Waals surface area (Å²) in [6.07, 6.45) is 2.08. The standard InChI is InChI=1S/C13H16FN3S.HI/c14-7-9-1-4-16(9)13-15-8-11-10-3-6-18-12(10)2-5-17(11)13;/h3,6,9,11H,1-2,4-5,7-8H2;1H. The first-order valence-corrected chi connectivity index (χ1v) is 7.46. The van der Waals surface area contributed by atoms with Crippen LogP contribution in [0.15, 0.2) is 16.4 Å². The summed E-state index contributed by atoms with van der Waals surface area (Å²) >= 11 is 1.86. The largest absolute Gasteiger partial charge is 0.337 e. The lowest BCUT2D eigenvalue weighted by atomic mass is 10.0. The molecule has 4 heterocycles. The molecule has 1 aromatic rings. The Morgan fingerprint density at radius 1 is 1.37 bits per heavy atom. The van der Waals surface area contributed by atoms with Crippen LogP contribution in [0.4, 0.5) is 4.39 Å². The molecule has 104 valence electrons. The maximum Gasteiger partial charge on any atom is 0.197 e. The number of fused-ring (bicyclic) bond motifs is 3. The lowest BCUT2D eigenvalue weighted by molar-refractivity contribution is 0.126. The second-order valence-corrected chi connectivity index (χ2v) is 6.19. The molecule has 0 aliphatic carbocycles. The number of likely N-dealkylation sites (tertiary alicyclic amines) is 1. The third kappa shape index (κ3) is 1.98. The van der Waals surface area contributed by atoms with Crippen LogP contribution in [0, 0.1) is 0 Å². The molecule has 0 amide bonds. The molecule has 2 atom stereocenters. The molecule has 3 aliphatic rings. The fraction of sp³-hybridized carbons (Fsp3) is 0.615. The van der Waals surface area contributed by atoms with Gasteiger partial charge in [0.05, 0.1) is 18.6 Å². The molecule has 0 N–H and O–H groups in total. The van der Waals surface area contributed by atoms with Crippen molar-refractivity contribution in [1.82, 2.24) is 9.80 Å². The number of aliphatic imine (C=N–C) groups is 1. The van der Waals surface area contributed by atoms with Crippen LogP contribution in [0.5, 0.6) is 0 Å². The highest BCUT2D eigenvalue weighted by Gasteiger charge is 2.41. The highest BCUT2D eigenvalue weighted by Crippen LogP contribution is 2.38. The second-order valence-electron chi connectivity index (χ2n) is 5.19. The Kier molecular flexibility index (Phi) is 3.72. The Labute approximate surface area is 133 Å². The highest BCUT2D eigenvalue weighted by molar-refractivity contribution is 14.0. The molecule has 0 bridgehead atoms. The third-order valence-electron chi connectivity index (χ3n) is 4.34. The number of rotatable bonds is 1. The van der Waals surface area contributed by atoms with Crippen molar-refractivity contribution in [3.63, 3.8) is 0 Å². The van der Waals surface area contributed by atoms with E-state index in [4.69, 9.17) is 0 Å². The van der Waals surface area contributed by atoms with Gasteiger partial charge in [0.25, 0.3) is 0 Å². The van der Waals surface area contributed by atoms with Crippen LogP contribution in [-0.2, 0) is 6.42 Å². The third-order valence-corrected chi connectivity index (χ3v) is 5.33. The summed E-state index contributed by atoms with van der Waals surface area (Å²) in [7, 11) is 0. The van der Waals surface area contributed by atoms with Gasteiger partial charge in [-0.1, -0.05) is 0 Å². The molecule has 0 spiro atoms. The lowest BCUT2D eigenvalue weighted by Crippen LogP contribution is -2.57. The Balaban J connectivity index is 0.00000110. The average molecular weight is 393 g/mol. The first-order chi connectivity index (χ1) is 8.88. The Morgan fingerprint density at radius 2 is 2.26 bits per heavy atom. The van der Waals surface area contributed by atoms with Crippen LogP contribution in [0.25, 0.3) is 0 Å². The van der Waals surface area contributed by atoms with Gasteiger partial charge in [-0.05, 0) is 29.9 Å². The minimum absolute atomic E-state index is 0. The second kappa shape index (κ2) is 5.20. The van der Waals surface area contributed by atoms with Crippen molar-refractivity contribution in [1.29, 1.82) is 0 Å². The van der Waals surface area contributed by atoms with Crippen molar-refractivity contribution in [2.24, 2.45) is 4.99 Å². The zero-order valence-electron chi connectivity index (χ0n) is 10.6. The zero-order chi connectivity index (χ0) is 12.1. The monoisotopic (exact) mass is 393 g/mol. The molecule has 0 saturated carbocycles. The van der Waals surface area contributed by atoms with Crippen LogP contribution in [0.1, 0.15) is 22.9 Å². The van der Waals surface area contributed by atoms with Crippen LogP contribution in [0.2, 0.25) is 0 Å². The molecule has 3 nitrogen and oxygen atoms in total. The number of guanidine groups is 1. The van der Waals surface area contributed by atoms with E-state index in [1.807, 2.05) is 11.3 Å². The van der Waals surface area contributed by atoms with Gasteiger partial charge in [0.1, 0.15) is 6.67 Å². The van der Waals surface area contributed by atoms with Gasteiger partial charge in [0, 0.05) is 18.0 Å². The number of thiophene rings is 1. The van der Waals surface area contributed by atoms with Gasteiger partial charge >= 0.3 is 0 Å². The highest BCUT2D eigenvalue weighted by atomic mass is 127. The van der Waals surface area contributed by atoms with Gasteiger partial charge in [-0.2, -0.15) is 0 Å². The summed E-state index contributed by atoms with van der Waals surface area (Å²) in [6.45, 7) is 2.59. The van der Waals surface area contributed by atoms with E-state index in [1.165, 1.54) is 10.4 Å². The Hall–Kier alpha value is -0.370. The molecule has 4 rings (SSSR count). The van der Waals surface area contributed by atoms with Crippen molar-refractivity contribution < 1.29 is 4.39 Å². The van der Waals surface area contributed by atoms with E-state index in [9.17, 15) is 4.39 Å². The summed E-state index contributed by atoms with van der Waals surface area (Å²) in [5.74, 6) is 1.05. The van der Waals surface area contributed by atoms with E-state index in [0.717, 1.165) is 38.4 Å². The van der Waals surface area contributed by atoms with Gasteiger partial charge in [-0.25, -0.2) is 4.39 Å². The molecular weight excluding hydrogens is 376 g/mol. The van der Waals surface area contributed by atoms with Gasteiger partial charge in [-0.15, -0.1) is 35.3 Å². The molecular formula is C13H17FIN3S. The number of alkyl halides is 1. The zero-order valence-corrected chi connectivity index (χ0v) is 13.7. The Morgan fingerprint density at radius 3 is 3.00 bits per heavy atom. The number of halogens is 2. The van der Waals surface area contributed by atoms with Crippen LogP contribution >= 0.6 is 35.3 Å². The summed E-state index contributed by atoms with van der Waals surface area (Å²) in [5.41, 5.74) is 1.45. The quantitative estimate of drug-likeness (QED) is 0.684. The van der Waals surface area contributed by atoms with Crippen molar-refractivity contribution in [2.45, 2.75) is 24.9 Å². The van der Waals surface area contributed by atoms with E-state index in [-0.39, 0.29) is 36.7 Å². The van der Waals surface area contributed by atoms with E-state index < -0.39 is 0 Å². The van der Waals surface area contributed by atoms with Gasteiger partial charge < -0.3 is 9.80 Å². The molecule has 6 heteroatoms. The molecule has 1 aromatic heterocycles. The van der Waals surface area contributed by atoms with E-state index in [1.54, 1.807) is 0 Å². The van der Waals surface area contributed by atoms with Crippen LogP contribution in [0.3, 0.4) is 0 Å². The number of hydrogen-bond donors (Lipinski definition) is 0. The van der Waals surface area contributed by atoms with Crippen LogP contribution < -0.4 is 0 Å². The van der Waals surface area contributed by atoms with Gasteiger partial charge in [-0.3, -0.25) is 4.99 Å². The SMILES string of the molecule is FCC1CCN1C1=NCC2c3ccsc3CCN12.I. The Bertz CT molecular complexity index is 502. The number of nitrogens with zero attached hydrogens (tertiary/aromatic N) is 3. The van der Waals surface area contributed by atoms with Crippen molar-refractivity contribution in [2.75, 3.05) is 26.3 Å². The maximum absolute atomic E-state index is 12.8. The molecule has 1 fully saturated rings. The molecule has 19 heavy (non-hydrogen) atoms. The molecule has 0 aromatic carbocycles. The first kappa shape index (κ1) is 13.6. The van der Waals surface area contributed by atoms with E-state index >= 15 is 0 Å². The van der Waals surface area contributed by atoms with Gasteiger partial charge in [0.2, 0.25) is 0 Å². The first-order valence-electron chi connectivity index (χ1n) is 6.58. The molecule has 0 radical (unpaired) electrons. The smallest absolute Gasteiger partial charge is 0.197 e. The lowest BCUT2D eigenvalue weighted by Gasteiger charge is -2.45. The maximum atomic E-state index is 12.8. The summed E-state index contributed by atoms with van der Waals surface area (Å²) in [4.78, 5) is 10.7. The average Bonchev–Trinajstić information content (AvgIpc) is 2.94. The predicted octanol–water partition coefficient (Wildman–Crippen LogP) is 2.68. The summed E-state index contributed by atoms with van der Waals surface area (Å²) < 4.78 is 12.8. The van der Waals surface area contributed by atoms with Gasteiger partial charge in [0.15, 0.2) is 5.96 Å². The predicted molar refractivity (Wildman–Crippen MR) is 86.3 cm³/mol. The normalized spacial score (nSPS) is 28.2. The van der Waals surface area contributed by atoms with E-state index in [0.29, 0.717) is 6.04 Å².